The van der Waals surface area contributed by atoms with Crippen molar-refractivity contribution in [2.75, 3.05) is 7.11 Å². The minimum atomic E-state index is -5.05. The molecule has 2 aromatic carbocycles. The van der Waals surface area contributed by atoms with Gasteiger partial charge in [-0.15, -0.1) is 0 Å². The maximum atomic E-state index is 10.4. The van der Waals surface area contributed by atoms with E-state index in [4.69, 9.17) is 24.3 Å². The molecule has 2 rings (SSSR count). The van der Waals surface area contributed by atoms with Crippen molar-refractivity contribution in [3.63, 3.8) is 0 Å². The lowest BCUT2D eigenvalue weighted by Gasteiger charge is -2.18. The zero-order valence-corrected chi connectivity index (χ0v) is 16.9. The largest absolute Gasteiger partial charge is 0.507 e. The fourth-order valence-electron chi connectivity index (χ4n) is 2.51. The zero-order valence-electron chi connectivity index (χ0n) is 15.2. The number of hydrogen-bond acceptors (Lipinski definition) is 5. The summed E-state index contributed by atoms with van der Waals surface area (Å²) in [6, 6.07) is 9.90. The van der Waals surface area contributed by atoms with Crippen LogP contribution in [-0.2, 0) is 13.4 Å². The van der Waals surface area contributed by atoms with Crippen LogP contribution >= 0.6 is 15.6 Å². The van der Waals surface area contributed by atoms with Crippen LogP contribution in [0, 0.1) is 20.8 Å². The number of hydrogen-bond donors (Lipinski definition) is 5. The number of phosphoric acid groups is 2. The first-order valence-electron chi connectivity index (χ1n) is 7.53. The van der Waals surface area contributed by atoms with E-state index in [1.54, 1.807) is 7.11 Å². The van der Waals surface area contributed by atoms with Gasteiger partial charge in [0.05, 0.1) is 7.11 Å². The fourth-order valence-corrected chi connectivity index (χ4v) is 3.62. The predicted molar refractivity (Wildman–Crippen MR) is 99.5 cm³/mol. The third kappa shape index (κ3) is 6.75. The van der Waals surface area contributed by atoms with E-state index in [1.807, 2.05) is 51.1 Å². The van der Waals surface area contributed by atoms with Gasteiger partial charge in [-0.05, 0) is 37.5 Å². The molecule has 0 bridgehead atoms. The van der Waals surface area contributed by atoms with E-state index < -0.39 is 15.6 Å². The third-order valence-corrected chi connectivity index (χ3v) is 5.39. The molecule has 0 saturated heterocycles. The molecule has 11 heteroatoms. The van der Waals surface area contributed by atoms with Crippen LogP contribution < -0.4 is 4.74 Å². The van der Waals surface area contributed by atoms with E-state index in [-0.39, 0.29) is 0 Å². The Hall–Kier alpha value is -1.70. The van der Waals surface area contributed by atoms with Crippen molar-refractivity contribution in [2.45, 2.75) is 20.8 Å². The van der Waals surface area contributed by atoms with Crippen LogP contribution in [0.15, 0.2) is 30.3 Å². The van der Waals surface area contributed by atoms with Crippen molar-refractivity contribution in [1.82, 2.24) is 0 Å². The Labute approximate surface area is 156 Å². The molecule has 0 aliphatic heterocycles. The summed E-state index contributed by atoms with van der Waals surface area (Å²) in [5.74, 6) is 1.20. The van der Waals surface area contributed by atoms with Gasteiger partial charge in [0.25, 0.3) is 0 Å². The topological polar surface area (TPSA) is 154 Å². The molecule has 150 valence electrons. The molecule has 0 atom stereocenters. The molecule has 5 N–H and O–H groups in total. The molecule has 0 fully saturated rings. The molecule has 0 saturated carbocycles. The van der Waals surface area contributed by atoms with Gasteiger partial charge in [-0.2, -0.15) is 4.31 Å². The molecule has 0 radical (unpaired) electrons. The zero-order chi connectivity index (χ0) is 21.0. The summed E-state index contributed by atoms with van der Waals surface area (Å²) in [4.78, 5) is 31.0. The van der Waals surface area contributed by atoms with Gasteiger partial charge in [-0.3, -0.25) is 0 Å². The second-order valence-corrected chi connectivity index (χ2v) is 8.18. The Bertz CT molecular complexity index is 865. The minimum absolute atomic E-state index is 0.344. The summed E-state index contributed by atoms with van der Waals surface area (Å²) < 4.78 is 27.7. The molecule has 0 heterocycles. The van der Waals surface area contributed by atoms with Crippen LogP contribution in [0.5, 0.6) is 11.5 Å². The van der Waals surface area contributed by atoms with Gasteiger partial charge < -0.3 is 29.4 Å². The Kier molecular flexibility index (Phi) is 7.77. The van der Waals surface area contributed by atoms with E-state index in [0.29, 0.717) is 5.75 Å². The lowest BCUT2D eigenvalue weighted by molar-refractivity contribution is 0.225. The molecule has 0 amide bonds. The van der Waals surface area contributed by atoms with Crippen LogP contribution in [0.3, 0.4) is 0 Å². The fraction of sp³-hybridized carbons (Fsp3) is 0.250. The number of phenols is 1. The summed E-state index contributed by atoms with van der Waals surface area (Å²) in [6.45, 7) is 5.86. The van der Waals surface area contributed by atoms with Crippen molar-refractivity contribution in [2.24, 2.45) is 0 Å². The second-order valence-electron chi connectivity index (χ2n) is 5.56. The predicted octanol–water partition coefficient (Wildman–Crippen LogP) is 3.18. The number of ether oxygens (including phenoxy) is 1. The Morgan fingerprint density at radius 3 is 1.67 bits per heavy atom. The van der Waals surface area contributed by atoms with Gasteiger partial charge in [0.2, 0.25) is 0 Å². The summed E-state index contributed by atoms with van der Waals surface area (Å²) >= 11 is 0. The van der Waals surface area contributed by atoms with Crippen LogP contribution in [0.4, 0.5) is 0 Å². The highest BCUT2D eigenvalue weighted by atomic mass is 31.3. The molecule has 27 heavy (non-hydrogen) atoms. The molecular weight excluding hydrogens is 398 g/mol. The number of rotatable bonds is 4. The normalized spacial score (nSPS) is 11.6. The Morgan fingerprint density at radius 2 is 1.30 bits per heavy atom. The molecule has 0 aliphatic rings. The van der Waals surface area contributed by atoms with Crippen LogP contribution in [-0.4, -0.2) is 31.8 Å². The number of aromatic hydroxyl groups is 1. The summed E-state index contributed by atoms with van der Waals surface area (Å²) in [5, 5.41) is 10.4. The number of benzene rings is 2. The maximum absolute atomic E-state index is 10.4. The third-order valence-electron chi connectivity index (χ3n) is 3.69. The average Bonchev–Trinajstić information content (AvgIpc) is 2.52. The van der Waals surface area contributed by atoms with E-state index in [9.17, 15) is 14.2 Å². The smallest absolute Gasteiger partial charge is 0.478 e. The van der Waals surface area contributed by atoms with Crippen LogP contribution in [0.1, 0.15) is 16.7 Å². The molecule has 9 nitrogen and oxygen atoms in total. The highest BCUT2D eigenvalue weighted by Gasteiger charge is 2.28. The lowest BCUT2D eigenvalue weighted by Crippen LogP contribution is -1.97. The molecule has 0 unspecified atom stereocenters. The van der Waals surface area contributed by atoms with Crippen molar-refractivity contribution >= 4 is 15.6 Å². The van der Waals surface area contributed by atoms with Gasteiger partial charge in [0.15, 0.2) is 0 Å². The van der Waals surface area contributed by atoms with Gasteiger partial charge in [0.1, 0.15) is 11.5 Å². The first-order chi connectivity index (χ1) is 12.3. The van der Waals surface area contributed by atoms with E-state index in [0.717, 1.165) is 33.6 Å². The van der Waals surface area contributed by atoms with Gasteiger partial charge >= 0.3 is 15.6 Å². The standard InChI is InChI=1S/C16H18O2.H4O7P2/c1-10-11(2)16(18-4)12(3)14(15(10)17)13-8-6-5-7-9-13;1-8(2,3)7-9(4,5)6/h5-9,17H,1-4H3;(H2,1,2,3)(H2,4,5,6). The van der Waals surface area contributed by atoms with Crippen molar-refractivity contribution in [3.8, 4) is 22.6 Å². The second kappa shape index (κ2) is 8.99. The molecule has 0 aliphatic carbocycles. The molecular formula is C16H22O9P2. The Balaban J connectivity index is 0.000000345. The first kappa shape index (κ1) is 23.3. The van der Waals surface area contributed by atoms with Gasteiger partial charge in [0, 0.05) is 11.1 Å². The van der Waals surface area contributed by atoms with Crippen LogP contribution in [0.2, 0.25) is 0 Å². The lowest BCUT2D eigenvalue weighted by atomic mass is 9.93. The molecule has 0 aromatic heterocycles. The van der Waals surface area contributed by atoms with E-state index in [1.165, 1.54) is 0 Å². The van der Waals surface area contributed by atoms with Crippen molar-refractivity contribution in [3.05, 3.63) is 47.0 Å². The van der Waals surface area contributed by atoms with Gasteiger partial charge in [-0.1, -0.05) is 30.3 Å². The maximum Gasteiger partial charge on any atom is 0.478 e. The monoisotopic (exact) mass is 420 g/mol. The van der Waals surface area contributed by atoms with Crippen molar-refractivity contribution in [1.29, 1.82) is 0 Å². The van der Waals surface area contributed by atoms with Gasteiger partial charge in [-0.25, -0.2) is 9.13 Å². The highest BCUT2D eigenvalue weighted by molar-refractivity contribution is 7.60. The number of methoxy groups -OCH3 is 1. The highest BCUT2D eigenvalue weighted by Crippen LogP contribution is 2.53. The number of phenolic OH excluding ortho intramolecular Hbond substituents is 1. The Morgan fingerprint density at radius 1 is 0.815 bits per heavy atom. The quantitative estimate of drug-likeness (QED) is 0.469. The summed E-state index contributed by atoms with van der Waals surface area (Å²) in [6.07, 6.45) is 0. The van der Waals surface area contributed by atoms with E-state index in [2.05, 4.69) is 4.31 Å². The molecule has 0 spiro atoms. The van der Waals surface area contributed by atoms with Crippen LogP contribution in [0.25, 0.3) is 11.1 Å². The molecule has 2 aromatic rings. The summed E-state index contributed by atoms with van der Waals surface area (Å²) in [7, 11) is -8.43. The average molecular weight is 420 g/mol. The minimum Gasteiger partial charge on any atom is -0.507 e. The van der Waals surface area contributed by atoms with E-state index >= 15 is 0 Å². The SMILES string of the molecule is COc1c(C)c(C)c(O)c(-c2ccccc2)c1C.O=P(O)(O)OP(=O)(O)O. The first-order valence-corrected chi connectivity index (χ1v) is 10.6. The van der Waals surface area contributed by atoms with Crippen molar-refractivity contribution < 1.29 is 42.9 Å². The summed E-state index contributed by atoms with van der Waals surface area (Å²) in [5.41, 5.74) is 4.71.